The fourth-order valence-electron chi connectivity index (χ4n) is 2.42. The molecule has 0 saturated heterocycles. The summed E-state index contributed by atoms with van der Waals surface area (Å²) >= 11 is 1.28. The second-order valence-corrected chi connectivity index (χ2v) is 6.15. The molecule has 2 rings (SSSR count). The number of aromatic nitrogens is 1. The lowest BCUT2D eigenvalue weighted by atomic mass is 9.98. The number of nitrogens with one attached hydrogen (secondary N) is 2. The molecule has 1 saturated carbocycles. The Bertz CT molecular complexity index is 458. The van der Waals surface area contributed by atoms with E-state index in [0.29, 0.717) is 29.3 Å². The van der Waals surface area contributed by atoms with Gasteiger partial charge in [-0.05, 0) is 19.8 Å². The molecule has 4 N–H and O–H groups in total. The summed E-state index contributed by atoms with van der Waals surface area (Å²) in [7, 11) is 0. The zero-order valence-electron chi connectivity index (χ0n) is 12.5. The zero-order chi connectivity index (χ0) is 15.1. The average molecular weight is 312 g/mol. The van der Waals surface area contributed by atoms with Crippen molar-refractivity contribution in [3.05, 3.63) is 4.88 Å². The Morgan fingerprint density at radius 1 is 1.43 bits per heavy atom. The van der Waals surface area contributed by atoms with Crippen molar-refractivity contribution in [2.75, 3.05) is 30.7 Å². The molecule has 0 spiro atoms. The van der Waals surface area contributed by atoms with Crippen molar-refractivity contribution < 1.29 is 9.53 Å². The van der Waals surface area contributed by atoms with E-state index < -0.39 is 0 Å². The Kier molecular flexibility index (Phi) is 6.25. The van der Waals surface area contributed by atoms with E-state index in [2.05, 4.69) is 15.6 Å². The number of thiazole rings is 1. The summed E-state index contributed by atoms with van der Waals surface area (Å²) in [6, 6.07) is 0. The number of ether oxygens (including phenoxy) is 1. The van der Waals surface area contributed by atoms with Gasteiger partial charge in [0, 0.05) is 13.1 Å². The lowest BCUT2D eigenvalue weighted by molar-refractivity contribution is 0.0300. The number of anilines is 2. The Hall–Kier alpha value is -1.34. The molecule has 6 nitrogen and oxygen atoms in total. The van der Waals surface area contributed by atoms with Gasteiger partial charge in [0.05, 0.1) is 12.7 Å². The fraction of sp³-hybridized carbons (Fsp3) is 0.714. The van der Waals surface area contributed by atoms with Crippen LogP contribution in [0.1, 0.15) is 48.7 Å². The number of rotatable bonds is 7. The standard InChI is InChI=1S/C14H24N4O2S/c1-2-16-14-18-12(15)11(21-14)13(19)17-8-9-20-10-6-4-3-5-7-10/h10H,2-9,15H2,1H3,(H,16,18)(H,17,19). The first kappa shape index (κ1) is 16.0. The number of amides is 1. The SMILES string of the molecule is CCNc1nc(N)c(C(=O)NCCOC2CCCCC2)s1. The van der Waals surface area contributed by atoms with Crippen LogP contribution in [0, 0.1) is 0 Å². The largest absolute Gasteiger partial charge is 0.382 e. The van der Waals surface area contributed by atoms with Gasteiger partial charge in [0.25, 0.3) is 5.91 Å². The Balaban J connectivity index is 1.71. The quantitative estimate of drug-likeness (QED) is 0.672. The third kappa shape index (κ3) is 4.86. The van der Waals surface area contributed by atoms with Gasteiger partial charge >= 0.3 is 0 Å². The van der Waals surface area contributed by atoms with Crippen molar-refractivity contribution in [1.82, 2.24) is 10.3 Å². The number of carbonyl (C=O) groups excluding carboxylic acids is 1. The minimum Gasteiger partial charge on any atom is -0.382 e. The second-order valence-electron chi connectivity index (χ2n) is 5.15. The summed E-state index contributed by atoms with van der Waals surface area (Å²) in [5.74, 6) is 0.100. The highest BCUT2D eigenvalue weighted by atomic mass is 32.1. The molecule has 0 radical (unpaired) electrons. The van der Waals surface area contributed by atoms with E-state index in [1.807, 2.05) is 6.92 Å². The summed E-state index contributed by atoms with van der Waals surface area (Å²) in [5.41, 5.74) is 5.76. The zero-order valence-corrected chi connectivity index (χ0v) is 13.3. The Morgan fingerprint density at radius 3 is 2.90 bits per heavy atom. The van der Waals surface area contributed by atoms with E-state index in [4.69, 9.17) is 10.5 Å². The van der Waals surface area contributed by atoms with E-state index in [0.717, 1.165) is 19.4 Å². The number of hydrogen-bond acceptors (Lipinski definition) is 6. The molecule has 1 amide bonds. The molecule has 21 heavy (non-hydrogen) atoms. The van der Waals surface area contributed by atoms with Crippen LogP contribution in [0.2, 0.25) is 0 Å². The molecule has 1 aliphatic rings. The van der Waals surface area contributed by atoms with Gasteiger partial charge < -0.3 is 21.1 Å². The lowest BCUT2D eigenvalue weighted by Crippen LogP contribution is -2.29. The first-order valence-electron chi connectivity index (χ1n) is 7.60. The average Bonchev–Trinajstić information content (AvgIpc) is 2.86. The third-order valence-electron chi connectivity index (χ3n) is 3.48. The van der Waals surface area contributed by atoms with Crippen molar-refractivity contribution in [3.8, 4) is 0 Å². The minimum absolute atomic E-state index is 0.179. The number of hydrogen-bond donors (Lipinski definition) is 3. The number of carbonyl (C=O) groups is 1. The lowest BCUT2D eigenvalue weighted by Gasteiger charge is -2.21. The van der Waals surface area contributed by atoms with Crippen LogP contribution >= 0.6 is 11.3 Å². The van der Waals surface area contributed by atoms with E-state index in [1.165, 1.54) is 30.6 Å². The normalized spacial score (nSPS) is 15.9. The summed E-state index contributed by atoms with van der Waals surface area (Å²) in [6.07, 6.45) is 6.46. The molecular weight excluding hydrogens is 288 g/mol. The van der Waals surface area contributed by atoms with Gasteiger partial charge in [-0.1, -0.05) is 30.6 Å². The predicted octanol–water partition coefficient (Wildman–Crippen LogP) is 2.24. The molecule has 0 atom stereocenters. The highest BCUT2D eigenvalue weighted by molar-refractivity contribution is 7.18. The van der Waals surface area contributed by atoms with Crippen LogP contribution in [0.25, 0.3) is 0 Å². The molecule has 118 valence electrons. The van der Waals surface area contributed by atoms with Crippen LogP contribution in [-0.4, -0.2) is 36.7 Å². The van der Waals surface area contributed by atoms with Gasteiger partial charge in [-0.15, -0.1) is 0 Å². The van der Waals surface area contributed by atoms with Crippen molar-refractivity contribution in [3.63, 3.8) is 0 Å². The van der Waals surface area contributed by atoms with Crippen molar-refractivity contribution in [1.29, 1.82) is 0 Å². The molecule has 1 aliphatic carbocycles. The van der Waals surface area contributed by atoms with Crippen molar-refractivity contribution >= 4 is 28.2 Å². The molecular formula is C14H24N4O2S. The topological polar surface area (TPSA) is 89.3 Å². The van der Waals surface area contributed by atoms with E-state index >= 15 is 0 Å². The second kappa shape index (κ2) is 8.19. The van der Waals surface area contributed by atoms with Gasteiger partial charge in [-0.3, -0.25) is 4.79 Å². The van der Waals surface area contributed by atoms with Crippen LogP contribution in [0.4, 0.5) is 10.9 Å². The predicted molar refractivity (Wildman–Crippen MR) is 85.8 cm³/mol. The van der Waals surface area contributed by atoms with Crippen molar-refractivity contribution in [2.45, 2.75) is 45.1 Å². The highest BCUT2D eigenvalue weighted by Gasteiger charge is 2.16. The van der Waals surface area contributed by atoms with Gasteiger partial charge in [0.2, 0.25) is 0 Å². The first-order valence-corrected chi connectivity index (χ1v) is 8.42. The van der Waals surface area contributed by atoms with E-state index in [1.54, 1.807) is 0 Å². The minimum atomic E-state index is -0.179. The Morgan fingerprint density at radius 2 is 2.19 bits per heavy atom. The number of nitrogens with zero attached hydrogens (tertiary/aromatic N) is 1. The first-order chi connectivity index (χ1) is 10.2. The van der Waals surface area contributed by atoms with Crippen LogP contribution in [0.5, 0.6) is 0 Å². The third-order valence-corrected chi connectivity index (χ3v) is 4.51. The van der Waals surface area contributed by atoms with Crippen LogP contribution < -0.4 is 16.4 Å². The molecule has 7 heteroatoms. The van der Waals surface area contributed by atoms with Crippen molar-refractivity contribution in [2.24, 2.45) is 0 Å². The van der Waals surface area contributed by atoms with Gasteiger partial charge in [-0.2, -0.15) is 0 Å². The summed E-state index contributed by atoms with van der Waals surface area (Å²) in [5, 5.41) is 6.57. The van der Waals surface area contributed by atoms with E-state index in [-0.39, 0.29) is 11.7 Å². The molecule has 0 aromatic carbocycles. The fourth-order valence-corrected chi connectivity index (χ4v) is 3.29. The summed E-state index contributed by atoms with van der Waals surface area (Å²) < 4.78 is 5.77. The molecule has 0 unspecified atom stereocenters. The van der Waals surface area contributed by atoms with Gasteiger partial charge in [0.1, 0.15) is 10.7 Å². The molecule has 1 aromatic heterocycles. The van der Waals surface area contributed by atoms with E-state index in [9.17, 15) is 4.79 Å². The maximum absolute atomic E-state index is 12.0. The van der Waals surface area contributed by atoms with Gasteiger partial charge in [-0.25, -0.2) is 4.98 Å². The maximum atomic E-state index is 12.0. The summed E-state index contributed by atoms with van der Waals surface area (Å²) in [6.45, 7) is 3.78. The van der Waals surface area contributed by atoms with Crippen LogP contribution in [-0.2, 0) is 4.74 Å². The number of nitrogens with two attached hydrogens (primary N) is 1. The molecule has 0 aliphatic heterocycles. The monoisotopic (exact) mass is 312 g/mol. The smallest absolute Gasteiger partial charge is 0.265 e. The summed E-state index contributed by atoms with van der Waals surface area (Å²) in [4.78, 5) is 16.6. The molecule has 1 heterocycles. The molecule has 1 fully saturated rings. The number of nitrogen functional groups attached to an aromatic ring is 1. The molecule has 0 bridgehead atoms. The van der Waals surface area contributed by atoms with Crippen LogP contribution in [0.3, 0.4) is 0 Å². The highest BCUT2D eigenvalue weighted by Crippen LogP contribution is 2.24. The Labute approximate surface area is 129 Å². The van der Waals surface area contributed by atoms with Gasteiger partial charge in [0.15, 0.2) is 5.13 Å². The van der Waals surface area contributed by atoms with Crippen LogP contribution in [0.15, 0.2) is 0 Å². The maximum Gasteiger partial charge on any atom is 0.265 e. The molecule has 1 aromatic rings.